The number of unbranched alkanes of at least 4 members (excludes halogenated alkanes) is 22. The summed E-state index contributed by atoms with van der Waals surface area (Å²) in [5.74, 6) is -1.77. The van der Waals surface area contributed by atoms with E-state index in [1.165, 1.54) is 89.9 Å². The fraction of sp³-hybridized carbons (Fsp3) is 0.844. The number of esters is 2. The molecule has 0 aromatic carbocycles. The Kier molecular flexibility index (Phi) is 37.9. The maximum absolute atomic E-state index is 12.8. The Labute approximate surface area is 326 Å². The minimum atomic E-state index is -1.38. The summed E-state index contributed by atoms with van der Waals surface area (Å²) in [4.78, 5) is 40.1. The molecule has 0 fully saturated rings. The first kappa shape index (κ1) is 50.8. The number of allylic oxidation sites excluding steroid dienone is 4. The van der Waals surface area contributed by atoms with Gasteiger partial charge in [0, 0.05) is 19.4 Å². The second kappa shape index (κ2) is 39.5. The summed E-state index contributed by atoms with van der Waals surface area (Å²) in [6.45, 7) is 8.44. The lowest BCUT2D eigenvalue weighted by atomic mass is 10.1. The summed E-state index contributed by atoms with van der Waals surface area (Å²) in [5, 5.41) is 0. The van der Waals surface area contributed by atoms with Crippen LogP contribution >= 0.6 is 0 Å². The van der Waals surface area contributed by atoms with Crippen molar-refractivity contribution >= 4 is 17.8 Å². The second-order valence-electron chi connectivity index (χ2n) is 15.0. The van der Waals surface area contributed by atoms with Gasteiger partial charge in [0.15, 0.2) is 6.10 Å². The van der Waals surface area contributed by atoms with Gasteiger partial charge in [-0.1, -0.05) is 148 Å². The minimum absolute atomic E-state index is 0.0655. The van der Waals surface area contributed by atoms with Gasteiger partial charge in [0.05, 0.1) is 13.2 Å². The monoisotopic (exact) mass is 749 g/mol. The van der Waals surface area contributed by atoms with Gasteiger partial charge in [0.1, 0.15) is 0 Å². The van der Waals surface area contributed by atoms with E-state index in [1.807, 2.05) is 7.05 Å². The van der Waals surface area contributed by atoms with Gasteiger partial charge in [0.2, 0.25) is 6.10 Å². The molecule has 8 heteroatoms. The van der Waals surface area contributed by atoms with E-state index >= 15 is 0 Å². The van der Waals surface area contributed by atoms with Crippen molar-refractivity contribution < 1.29 is 28.6 Å². The van der Waals surface area contributed by atoms with Crippen molar-refractivity contribution in [3.05, 3.63) is 24.3 Å². The highest BCUT2D eigenvalue weighted by molar-refractivity contribution is 5.83. The third-order valence-electron chi connectivity index (χ3n) is 9.88. The first-order valence-corrected chi connectivity index (χ1v) is 22.1. The average Bonchev–Trinajstić information content (AvgIpc) is 3.14. The topological polar surface area (TPSA) is 108 Å². The lowest BCUT2D eigenvalue weighted by molar-refractivity contribution is -0.176. The van der Waals surface area contributed by atoms with Gasteiger partial charge in [-0.3, -0.25) is 14.4 Å². The summed E-state index contributed by atoms with van der Waals surface area (Å²) in [5.41, 5.74) is 5.68. The van der Waals surface area contributed by atoms with Crippen LogP contribution in [0.25, 0.3) is 0 Å². The smallest absolute Gasteiger partial charge is 0.306 e. The summed E-state index contributed by atoms with van der Waals surface area (Å²) in [7, 11) is 1.98. The maximum atomic E-state index is 12.8. The molecule has 0 rings (SSSR count). The van der Waals surface area contributed by atoms with Crippen LogP contribution in [-0.2, 0) is 28.6 Å². The van der Waals surface area contributed by atoms with E-state index < -0.39 is 30.1 Å². The molecular formula is C45H84N2O6. The molecule has 0 saturated heterocycles. The normalized spacial score (nSPS) is 12.9. The van der Waals surface area contributed by atoms with Crippen LogP contribution < -0.4 is 5.73 Å². The van der Waals surface area contributed by atoms with Crippen LogP contribution in [0.4, 0.5) is 0 Å². The number of hydrogen-bond donors (Lipinski definition) is 1. The lowest BCUT2D eigenvalue weighted by Gasteiger charge is -2.25. The molecule has 0 heterocycles. The van der Waals surface area contributed by atoms with Gasteiger partial charge < -0.3 is 24.8 Å². The van der Waals surface area contributed by atoms with E-state index in [4.69, 9.17) is 19.9 Å². The van der Waals surface area contributed by atoms with E-state index in [-0.39, 0.29) is 19.4 Å². The molecule has 0 aliphatic heterocycles. The lowest BCUT2D eigenvalue weighted by Crippen LogP contribution is -2.47. The fourth-order valence-electron chi connectivity index (χ4n) is 6.19. The van der Waals surface area contributed by atoms with Gasteiger partial charge in [-0.2, -0.15) is 0 Å². The molecule has 0 aromatic heterocycles. The number of rotatable bonds is 40. The molecule has 0 saturated carbocycles. The van der Waals surface area contributed by atoms with Crippen molar-refractivity contribution in [1.82, 2.24) is 4.90 Å². The molecule has 0 aliphatic rings. The van der Waals surface area contributed by atoms with Crippen molar-refractivity contribution in [2.45, 2.75) is 213 Å². The van der Waals surface area contributed by atoms with Crippen molar-refractivity contribution in [1.29, 1.82) is 0 Å². The Morgan fingerprint density at radius 2 is 0.925 bits per heavy atom. The largest absolute Gasteiger partial charge is 0.455 e. The van der Waals surface area contributed by atoms with E-state index in [2.05, 4.69) is 50.0 Å². The molecule has 310 valence electrons. The molecule has 0 spiro atoms. The Bertz CT molecular complexity index is 907. The predicted octanol–water partition coefficient (Wildman–Crippen LogP) is 11.3. The Balaban J connectivity index is 4.45. The van der Waals surface area contributed by atoms with E-state index in [0.29, 0.717) is 26.0 Å². The van der Waals surface area contributed by atoms with Crippen LogP contribution in [0.3, 0.4) is 0 Å². The first-order valence-electron chi connectivity index (χ1n) is 22.1. The van der Waals surface area contributed by atoms with Gasteiger partial charge in [-0.05, 0) is 77.8 Å². The van der Waals surface area contributed by atoms with Crippen LogP contribution in [0.2, 0.25) is 0 Å². The van der Waals surface area contributed by atoms with Gasteiger partial charge in [-0.15, -0.1) is 0 Å². The van der Waals surface area contributed by atoms with Gasteiger partial charge in [-0.25, -0.2) is 0 Å². The predicted molar refractivity (Wildman–Crippen MR) is 222 cm³/mol. The summed E-state index contributed by atoms with van der Waals surface area (Å²) in [6.07, 6.45) is 37.8. The summed E-state index contributed by atoms with van der Waals surface area (Å²) in [6, 6.07) is 0. The molecule has 2 unspecified atom stereocenters. The van der Waals surface area contributed by atoms with E-state index in [1.54, 1.807) is 0 Å². The number of carbonyl (C=O) groups excluding carboxylic acids is 3. The highest BCUT2D eigenvalue weighted by atomic mass is 16.6. The molecule has 0 bridgehead atoms. The van der Waals surface area contributed by atoms with Crippen LogP contribution in [0.15, 0.2) is 24.3 Å². The SMILES string of the molecule is CCCCCCCCC=CCCCCCCCC(=O)OC(COCCN(C)CC)C(OC(=O)CCCCCCCC=CCCCCCCCC)C(N)=O. The number of likely N-dealkylation sites (N-methyl/N-ethyl adjacent to an activating group) is 1. The number of ether oxygens (including phenoxy) is 3. The van der Waals surface area contributed by atoms with Crippen LogP contribution in [-0.4, -0.2) is 68.3 Å². The summed E-state index contributed by atoms with van der Waals surface area (Å²) < 4.78 is 17.0. The molecule has 0 radical (unpaired) electrons. The standard InChI is InChI=1S/C45H84N2O6/c1-5-8-10-12-14-16-18-20-22-24-26-28-30-32-34-36-42(48)52-41(40-51-39-38-47(4)7-3)44(45(46)50)53-43(49)37-35-33-31-29-27-25-23-21-19-17-15-13-11-9-6-2/h20-23,41,44H,5-19,24-40H2,1-4H3,(H2,46,50). The molecule has 53 heavy (non-hydrogen) atoms. The van der Waals surface area contributed by atoms with Crippen molar-refractivity contribution in [2.75, 3.05) is 33.4 Å². The zero-order valence-electron chi connectivity index (χ0n) is 35.1. The molecule has 8 nitrogen and oxygen atoms in total. The van der Waals surface area contributed by atoms with E-state index in [0.717, 1.165) is 70.8 Å². The number of amides is 1. The highest BCUT2D eigenvalue weighted by Crippen LogP contribution is 2.15. The molecular weight excluding hydrogens is 665 g/mol. The van der Waals surface area contributed by atoms with Crippen LogP contribution in [0.5, 0.6) is 0 Å². The zero-order valence-corrected chi connectivity index (χ0v) is 35.1. The Morgan fingerprint density at radius 1 is 0.547 bits per heavy atom. The number of carbonyl (C=O) groups is 3. The quantitative estimate of drug-likeness (QED) is 0.0377. The van der Waals surface area contributed by atoms with Gasteiger partial charge >= 0.3 is 11.9 Å². The number of primary amides is 1. The molecule has 1 amide bonds. The Morgan fingerprint density at radius 3 is 1.32 bits per heavy atom. The fourth-order valence-corrected chi connectivity index (χ4v) is 6.19. The third-order valence-corrected chi connectivity index (χ3v) is 9.88. The number of nitrogens with zero attached hydrogens (tertiary/aromatic N) is 1. The van der Waals surface area contributed by atoms with E-state index in [9.17, 15) is 14.4 Å². The molecule has 2 N–H and O–H groups in total. The highest BCUT2D eigenvalue weighted by Gasteiger charge is 2.33. The van der Waals surface area contributed by atoms with Gasteiger partial charge in [0.25, 0.3) is 5.91 Å². The molecule has 0 aliphatic carbocycles. The molecule has 0 aromatic rings. The second-order valence-corrected chi connectivity index (χ2v) is 15.0. The summed E-state index contributed by atoms with van der Waals surface area (Å²) >= 11 is 0. The first-order chi connectivity index (χ1) is 25.8. The van der Waals surface area contributed by atoms with Crippen molar-refractivity contribution in [2.24, 2.45) is 5.73 Å². The number of nitrogens with two attached hydrogens (primary N) is 1. The maximum Gasteiger partial charge on any atom is 0.306 e. The van der Waals surface area contributed by atoms with Crippen LogP contribution in [0, 0.1) is 0 Å². The van der Waals surface area contributed by atoms with Crippen molar-refractivity contribution in [3.8, 4) is 0 Å². The third kappa shape index (κ3) is 35.3. The number of hydrogen-bond acceptors (Lipinski definition) is 7. The minimum Gasteiger partial charge on any atom is -0.455 e. The Hall–Kier alpha value is -2.19. The average molecular weight is 749 g/mol. The molecule has 2 atom stereocenters. The van der Waals surface area contributed by atoms with Crippen LogP contribution in [0.1, 0.15) is 201 Å². The zero-order chi connectivity index (χ0) is 39.0. The van der Waals surface area contributed by atoms with Crippen molar-refractivity contribution in [3.63, 3.8) is 0 Å².